The first-order chi connectivity index (χ1) is 9.15. The molecule has 19 heavy (non-hydrogen) atoms. The number of hydrogen-bond donors (Lipinski definition) is 0. The van der Waals surface area contributed by atoms with E-state index in [0.29, 0.717) is 22.4 Å². The monoisotopic (exact) mass is 364 g/mol. The minimum atomic E-state index is 0.238. The second-order valence-corrected chi connectivity index (χ2v) is 6.82. The molecular weight excluding hydrogens is 347 g/mol. The Hall–Kier alpha value is 0.0800. The summed E-state index contributed by atoms with van der Waals surface area (Å²) in [7, 11) is 0. The van der Waals surface area contributed by atoms with E-state index in [1.165, 1.54) is 38.5 Å². The summed E-state index contributed by atoms with van der Waals surface area (Å²) in [4.78, 5) is 0. The average Bonchev–Trinajstić information content (AvgIpc) is 2.66. The molecule has 1 aliphatic rings. The van der Waals surface area contributed by atoms with Crippen molar-refractivity contribution in [1.29, 1.82) is 0 Å². The molecule has 0 saturated heterocycles. The van der Waals surface area contributed by atoms with Gasteiger partial charge in [0, 0.05) is 21.8 Å². The zero-order chi connectivity index (χ0) is 13.7. The highest BCUT2D eigenvalue weighted by atomic mass is 79.9. The van der Waals surface area contributed by atoms with Crippen molar-refractivity contribution in [2.45, 2.75) is 38.5 Å². The maximum absolute atomic E-state index is 6.14. The summed E-state index contributed by atoms with van der Waals surface area (Å²) in [5.74, 6) is 0.693. The molecule has 0 N–H and O–H groups in total. The van der Waals surface area contributed by atoms with Crippen LogP contribution in [0.1, 0.15) is 38.5 Å². The largest absolute Gasteiger partial charge is 0.491 e. The highest BCUT2D eigenvalue weighted by Crippen LogP contribution is 2.38. The van der Waals surface area contributed by atoms with Crippen molar-refractivity contribution in [3.05, 3.63) is 28.2 Å². The Morgan fingerprint density at radius 1 is 1.11 bits per heavy atom. The molecule has 0 atom stereocenters. The van der Waals surface area contributed by atoms with Gasteiger partial charge in [0.2, 0.25) is 0 Å². The Labute approximate surface area is 133 Å². The van der Waals surface area contributed by atoms with E-state index in [2.05, 4.69) is 15.9 Å². The fourth-order valence-electron chi connectivity index (χ4n) is 2.61. The van der Waals surface area contributed by atoms with Gasteiger partial charge in [0.1, 0.15) is 5.75 Å². The van der Waals surface area contributed by atoms with Crippen molar-refractivity contribution >= 4 is 39.1 Å². The van der Waals surface area contributed by atoms with Crippen LogP contribution in [0.3, 0.4) is 0 Å². The van der Waals surface area contributed by atoms with Crippen LogP contribution in [0.5, 0.6) is 5.75 Å². The van der Waals surface area contributed by atoms with Gasteiger partial charge in [-0.2, -0.15) is 0 Å². The summed E-state index contributed by atoms with van der Waals surface area (Å²) >= 11 is 15.8. The van der Waals surface area contributed by atoms with Crippen LogP contribution in [-0.4, -0.2) is 11.9 Å². The first kappa shape index (κ1) is 15.5. The number of halogens is 3. The van der Waals surface area contributed by atoms with Crippen LogP contribution < -0.4 is 4.74 Å². The molecule has 0 radical (unpaired) electrons. The van der Waals surface area contributed by atoms with Gasteiger partial charge in [0.15, 0.2) is 0 Å². The summed E-state index contributed by atoms with van der Waals surface area (Å²) in [6.07, 6.45) is 7.70. The number of hydrogen-bond acceptors (Lipinski definition) is 1. The molecule has 1 saturated carbocycles. The van der Waals surface area contributed by atoms with Crippen LogP contribution in [0.25, 0.3) is 0 Å². The van der Waals surface area contributed by atoms with E-state index in [1.807, 2.05) is 0 Å². The van der Waals surface area contributed by atoms with Gasteiger partial charge in [-0.25, -0.2) is 0 Å². The van der Waals surface area contributed by atoms with Crippen LogP contribution in [0.4, 0.5) is 0 Å². The molecule has 0 bridgehead atoms. The van der Waals surface area contributed by atoms with Gasteiger partial charge < -0.3 is 4.74 Å². The molecule has 1 aliphatic carbocycles. The molecule has 0 aliphatic heterocycles. The number of alkyl halides is 1. The highest BCUT2D eigenvalue weighted by molar-refractivity contribution is 9.09. The van der Waals surface area contributed by atoms with Crippen LogP contribution >= 0.6 is 39.1 Å². The van der Waals surface area contributed by atoms with Crippen molar-refractivity contribution in [3.63, 3.8) is 0 Å². The van der Waals surface area contributed by atoms with E-state index in [4.69, 9.17) is 27.9 Å². The zero-order valence-electron chi connectivity index (χ0n) is 10.9. The molecule has 0 heterocycles. The van der Waals surface area contributed by atoms with E-state index >= 15 is 0 Å². The fourth-order valence-corrected chi connectivity index (χ4v) is 3.67. The first-order valence-electron chi connectivity index (χ1n) is 6.79. The van der Waals surface area contributed by atoms with Crippen LogP contribution in [0.2, 0.25) is 10.0 Å². The summed E-state index contributed by atoms with van der Waals surface area (Å²) < 4.78 is 5.96. The van der Waals surface area contributed by atoms with Crippen LogP contribution in [0, 0.1) is 5.41 Å². The average molecular weight is 366 g/mol. The Morgan fingerprint density at radius 3 is 2.42 bits per heavy atom. The van der Waals surface area contributed by atoms with E-state index in [0.717, 1.165) is 5.33 Å². The van der Waals surface area contributed by atoms with Crippen molar-refractivity contribution in [2.75, 3.05) is 11.9 Å². The lowest BCUT2D eigenvalue weighted by molar-refractivity contribution is 0.149. The third-order valence-electron chi connectivity index (χ3n) is 3.87. The maximum Gasteiger partial charge on any atom is 0.139 e. The Balaban J connectivity index is 2.04. The van der Waals surface area contributed by atoms with E-state index in [9.17, 15) is 0 Å². The fraction of sp³-hybridized carbons (Fsp3) is 0.600. The topological polar surface area (TPSA) is 9.23 Å². The van der Waals surface area contributed by atoms with Crippen molar-refractivity contribution in [3.8, 4) is 5.75 Å². The van der Waals surface area contributed by atoms with Crippen molar-refractivity contribution in [2.24, 2.45) is 5.41 Å². The third kappa shape index (κ3) is 4.27. The van der Waals surface area contributed by atoms with Gasteiger partial charge in [-0.1, -0.05) is 64.8 Å². The Morgan fingerprint density at radius 2 is 1.79 bits per heavy atom. The molecule has 106 valence electrons. The minimum Gasteiger partial charge on any atom is -0.491 e. The minimum absolute atomic E-state index is 0.238. The lowest BCUT2D eigenvalue weighted by Crippen LogP contribution is -2.30. The van der Waals surface area contributed by atoms with E-state index in [-0.39, 0.29) is 5.41 Å². The molecular formula is C15H19BrCl2O. The highest BCUT2D eigenvalue weighted by Gasteiger charge is 2.31. The standard InChI is InChI=1S/C15H19BrCl2O/c16-10-15(7-3-1-2-4-8-15)11-19-14-9-12(17)5-6-13(14)18/h5-6,9H,1-4,7-8,10-11H2. The lowest BCUT2D eigenvalue weighted by atomic mass is 9.83. The zero-order valence-corrected chi connectivity index (χ0v) is 14.0. The van der Waals surface area contributed by atoms with Gasteiger partial charge in [-0.05, 0) is 25.0 Å². The number of ether oxygens (including phenoxy) is 1. The smallest absolute Gasteiger partial charge is 0.139 e. The molecule has 4 heteroatoms. The van der Waals surface area contributed by atoms with Crippen LogP contribution in [0.15, 0.2) is 18.2 Å². The molecule has 1 aromatic rings. The Kier molecular flexibility index (Phi) is 5.86. The second kappa shape index (κ2) is 7.19. The summed E-state index contributed by atoms with van der Waals surface area (Å²) in [5.41, 5.74) is 0.238. The summed E-state index contributed by atoms with van der Waals surface area (Å²) in [5, 5.41) is 2.27. The van der Waals surface area contributed by atoms with E-state index < -0.39 is 0 Å². The summed E-state index contributed by atoms with van der Waals surface area (Å²) in [6, 6.07) is 5.36. The SMILES string of the molecule is Clc1ccc(Cl)c(OCC2(CBr)CCCCCC2)c1. The van der Waals surface area contributed by atoms with Gasteiger partial charge in [-0.15, -0.1) is 0 Å². The molecule has 0 unspecified atom stereocenters. The maximum atomic E-state index is 6.14. The van der Waals surface area contributed by atoms with E-state index in [1.54, 1.807) is 18.2 Å². The third-order valence-corrected chi connectivity index (χ3v) is 5.61. The summed E-state index contributed by atoms with van der Waals surface area (Å²) in [6.45, 7) is 0.707. The molecule has 1 aromatic carbocycles. The van der Waals surface area contributed by atoms with Gasteiger partial charge in [0.05, 0.1) is 11.6 Å². The quantitative estimate of drug-likeness (QED) is 0.462. The lowest BCUT2D eigenvalue weighted by Gasteiger charge is -2.30. The number of benzene rings is 1. The van der Waals surface area contributed by atoms with Gasteiger partial charge >= 0.3 is 0 Å². The Bertz CT molecular complexity index is 415. The van der Waals surface area contributed by atoms with Crippen LogP contribution in [-0.2, 0) is 0 Å². The molecule has 0 amide bonds. The predicted molar refractivity (Wildman–Crippen MR) is 85.9 cm³/mol. The first-order valence-corrected chi connectivity index (χ1v) is 8.67. The normalized spacial score (nSPS) is 18.9. The van der Waals surface area contributed by atoms with Gasteiger partial charge in [-0.3, -0.25) is 0 Å². The van der Waals surface area contributed by atoms with Crippen molar-refractivity contribution < 1.29 is 4.74 Å². The molecule has 0 spiro atoms. The van der Waals surface area contributed by atoms with Gasteiger partial charge in [0.25, 0.3) is 0 Å². The van der Waals surface area contributed by atoms with Crippen molar-refractivity contribution in [1.82, 2.24) is 0 Å². The molecule has 1 nitrogen and oxygen atoms in total. The molecule has 0 aromatic heterocycles. The molecule has 2 rings (SSSR count). The predicted octanol–water partition coefficient (Wildman–Crippen LogP) is 6.11. The molecule has 1 fully saturated rings. The number of rotatable bonds is 4. The second-order valence-electron chi connectivity index (χ2n) is 5.41.